The number of nitrogens with zero attached hydrogens (tertiary/aromatic N) is 2. The number of likely N-dealkylation sites (N-methyl/N-ethyl adjacent to an activating group) is 1. The van der Waals surface area contributed by atoms with Crippen LogP contribution in [0.2, 0.25) is 0 Å². The van der Waals surface area contributed by atoms with E-state index in [1.807, 2.05) is 19.5 Å². The zero-order chi connectivity index (χ0) is 17.5. The largest absolute Gasteiger partial charge is 0.351 e. The number of nitrogens with one attached hydrogen (secondary N) is 1. The summed E-state index contributed by atoms with van der Waals surface area (Å²) < 4.78 is 0. The quantitative estimate of drug-likeness (QED) is 0.608. The maximum Gasteiger partial charge on any atom is 0.237 e. The zero-order valence-corrected chi connectivity index (χ0v) is 15.7. The Morgan fingerprint density at radius 2 is 2.33 bits per heavy atom. The number of aryl methyl sites for hydroxylation is 1. The average molecular weight is 346 g/mol. The summed E-state index contributed by atoms with van der Waals surface area (Å²) in [7, 11) is 2.02. The Morgan fingerprint density at radius 3 is 2.96 bits per heavy atom. The van der Waals surface area contributed by atoms with E-state index in [1.54, 1.807) is 11.8 Å². The van der Waals surface area contributed by atoms with Crippen LogP contribution in [0.3, 0.4) is 0 Å². The molecule has 1 aromatic rings. The smallest absolute Gasteiger partial charge is 0.237 e. The second-order valence-electron chi connectivity index (χ2n) is 6.15. The molecular formula is C19H27N3OS. The number of aliphatic imine (C=N–C) groups is 1. The van der Waals surface area contributed by atoms with E-state index < -0.39 is 0 Å². The summed E-state index contributed by atoms with van der Waals surface area (Å²) in [5.74, 6) is 0.132. The van der Waals surface area contributed by atoms with Gasteiger partial charge in [-0.3, -0.25) is 14.7 Å². The van der Waals surface area contributed by atoms with E-state index in [-0.39, 0.29) is 11.9 Å². The summed E-state index contributed by atoms with van der Waals surface area (Å²) in [5, 5.41) is 3.06. The highest BCUT2D eigenvalue weighted by Crippen LogP contribution is 2.27. The number of benzene rings is 1. The molecule has 2 rings (SSSR count). The molecule has 0 aromatic heterocycles. The predicted octanol–water partition coefficient (Wildman–Crippen LogP) is 3.46. The first-order valence-electron chi connectivity index (χ1n) is 8.44. The highest BCUT2D eigenvalue weighted by Gasteiger charge is 2.27. The first-order valence-corrected chi connectivity index (χ1v) is 9.32. The van der Waals surface area contributed by atoms with Crippen LogP contribution in [-0.4, -0.2) is 42.5 Å². The van der Waals surface area contributed by atoms with Crippen molar-refractivity contribution in [2.75, 3.05) is 20.1 Å². The van der Waals surface area contributed by atoms with Crippen molar-refractivity contribution >= 4 is 28.1 Å². The summed E-state index contributed by atoms with van der Waals surface area (Å²) in [6.45, 7) is 10.6. The van der Waals surface area contributed by atoms with Crippen LogP contribution >= 0.6 is 11.8 Å². The molecule has 0 radical (unpaired) electrons. The minimum absolute atomic E-state index is 0.0272. The lowest BCUT2D eigenvalue weighted by Gasteiger charge is -2.19. The molecule has 1 amide bonds. The maximum absolute atomic E-state index is 12.3. The van der Waals surface area contributed by atoms with Gasteiger partial charge in [0, 0.05) is 18.0 Å². The lowest BCUT2D eigenvalue weighted by atomic mass is 10.0. The van der Waals surface area contributed by atoms with Gasteiger partial charge in [0.2, 0.25) is 5.91 Å². The van der Waals surface area contributed by atoms with E-state index in [1.165, 1.54) is 5.56 Å². The second kappa shape index (κ2) is 9.04. The summed E-state index contributed by atoms with van der Waals surface area (Å²) in [5.41, 5.74) is 5.26. The van der Waals surface area contributed by atoms with E-state index in [0.717, 1.165) is 42.0 Å². The number of likely N-dealkylation sites (tertiary alicyclic amines) is 1. The van der Waals surface area contributed by atoms with Gasteiger partial charge in [-0.1, -0.05) is 36.5 Å². The van der Waals surface area contributed by atoms with Crippen LogP contribution < -0.4 is 5.32 Å². The first-order chi connectivity index (χ1) is 11.5. The Hall–Kier alpha value is -1.59. The fourth-order valence-electron chi connectivity index (χ4n) is 2.94. The normalized spacial score (nSPS) is 18.2. The molecule has 1 N–H and O–H groups in total. The van der Waals surface area contributed by atoms with Crippen molar-refractivity contribution < 1.29 is 4.79 Å². The Morgan fingerprint density at radius 1 is 1.54 bits per heavy atom. The van der Waals surface area contributed by atoms with Crippen LogP contribution in [0.25, 0.3) is 4.91 Å². The Balaban J connectivity index is 1.93. The summed E-state index contributed by atoms with van der Waals surface area (Å²) >= 11 is 1.55. The number of thioether (sulfide) groups is 1. The minimum Gasteiger partial charge on any atom is -0.351 e. The highest BCUT2D eigenvalue weighted by atomic mass is 32.2. The van der Waals surface area contributed by atoms with Crippen LogP contribution in [0.15, 0.2) is 29.8 Å². The third-order valence-corrected chi connectivity index (χ3v) is 5.09. The maximum atomic E-state index is 12.3. The Labute approximate surface area is 149 Å². The van der Waals surface area contributed by atoms with Crippen molar-refractivity contribution in [3.05, 3.63) is 41.5 Å². The lowest BCUT2D eigenvalue weighted by Crippen LogP contribution is -2.41. The average Bonchev–Trinajstić information content (AvgIpc) is 2.99. The molecule has 5 heteroatoms. The van der Waals surface area contributed by atoms with Crippen LogP contribution in [0, 0.1) is 6.92 Å². The molecule has 1 saturated heterocycles. The topological polar surface area (TPSA) is 44.7 Å². The van der Waals surface area contributed by atoms with Gasteiger partial charge in [-0.25, -0.2) is 0 Å². The molecule has 1 aliphatic rings. The molecule has 0 aliphatic carbocycles. The summed E-state index contributed by atoms with van der Waals surface area (Å²) in [6, 6.07) is 6.29. The van der Waals surface area contributed by atoms with Gasteiger partial charge in [-0.15, -0.1) is 0 Å². The molecule has 1 atom stereocenters. The third kappa shape index (κ3) is 4.95. The van der Waals surface area contributed by atoms with Crippen molar-refractivity contribution in [1.29, 1.82) is 0 Å². The van der Waals surface area contributed by atoms with E-state index >= 15 is 0 Å². The second-order valence-corrected chi connectivity index (χ2v) is 7.09. The van der Waals surface area contributed by atoms with Crippen molar-refractivity contribution in [3.63, 3.8) is 0 Å². The third-order valence-electron chi connectivity index (χ3n) is 4.33. The van der Waals surface area contributed by atoms with E-state index in [0.29, 0.717) is 6.54 Å². The van der Waals surface area contributed by atoms with Crippen LogP contribution in [0.4, 0.5) is 0 Å². The molecule has 1 heterocycles. The summed E-state index contributed by atoms with van der Waals surface area (Å²) in [4.78, 5) is 19.6. The number of hydrogen-bond donors (Lipinski definition) is 1. The predicted molar refractivity (Wildman–Crippen MR) is 104 cm³/mol. The number of carbonyl (C=O) groups excluding carboxylic acids is 1. The van der Waals surface area contributed by atoms with E-state index in [4.69, 9.17) is 0 Å². The van der Waals surface area contributed by atoms with E-state index in [9.17, 15) is 4.79 Å². The molecule has 1 aliphatic heterocycles. The van der Waals surface area contributed by atoms with Gasteiger partial charge in [-0.05, 0) is 57.0 Å². The molecule has 0 spiro atoms. The van der Waals surface area contributed by atoms with Crippen LogP contribution in [0.1, 0.15) is 36.5 Å². The number of carbonyl (C=O) groups is 1. The van der Waals surface area contributed by atoms with Gasteiger partial charge in [0.25, 0.3) is 0 Å². The Kier molecular flexibility index (Phi) is 7.06. The van der Waals surface area contributed by atoms with Gasteiger partial charge in [0.1, 0.15) is 0 Å². The van der Waals surface area contributed by atoms with Crippen molar-refractivity contribution in [2.45, 2.75) is 39.3 Å². The van der Waals surface area contributed by atoms with E-state index in [2.05, 4.69) is 46.9 Å². The van der Waals surface area contributed by atoms with Crippen molar-refractivity contribution in [1.82, 2.24) is 10.2 Å². The van der Waals surface area contributed by atoms with Crippen molar-refractivity contribution in [3.8, 4) is 0 Å². The lowest BCUT2D eigenvalue weighted by molar-refractivity contribution is -0.125. The number of amides is 1. The van der Waals surface area contributed by atoms with Crippen LogP contribution in [-0.2, 0) is 11.3 Å². The fraction of sp³-hybridized carbons (Fsp3) is 0.474. The van der Waals surface area contributed by atoms with Gasteiger partial charge < -0.3 is 5.32 Å². The first kappa shape index (κ1) is 18.7. The van der Waals surface area contributed by atoms with Gasteiger partial charge in [0.05, 0.1) is 11.6 Å². The monoisotopic (exact) mass is 345 g/mol. The Bertz CT molecular complexity index is 627. The van der Waals surface area contributed by atoms with Gasteiger partial charge >= 0.3 is 0 Å². The minimum atomic E-state index is 0.0272. The number of hydrogen-bond acceptors (Lipinski definition) is 4. The molecule has 0 bridgehead atoms. The molecule has 0 unspecified atom stereocenters. The van der Waals surface area contributed by atoms with Gasteiger partial charge in [-0.2, -0.15) is 0 Å². The number of rotatable bonds is 7. The molecule has 0 saturated carbocycles. The molecular weight excluding hydrogens is 318 g/mol. The molecule has 1 aromatic carbocycles. The molecule has 130 valence electrons. The molecule has 4 nitrogen and oxygen atoms in total. The highest BCUT2D eigenvalue weighted by molar-refractivity contribution is 8.20. The summed E-state index contributed by atoms with van der Waals surface area (Å²) in [6.07, 6.45) is 2.06. The fourth-order valence-corrected chi connectivity index (χ4v) is 3.64. The molecule has 1 fully saturated rings. The zero-order valence-electron chi connectivity index (χ0n) is 14.8. The molecule has 24 heavy (non-hydrogen) atoms. The standard InChI is InChI=1S/C19H27N3OS/c1-5-20-13-24-15(3)17-9-8-16(11-14(17)2)12-21-19(23)18-7-6-10-22(18)4/h8-9,11,13,18H,3,5-7,10,12H2,1-2,4H3,(H,21,23)/t18-/m0/s1. The van der Waals surface area contributed by atoms with Crippen LogP contribution in [0.5, 0.6) is 0 Å². The SMILES string of the molecule is C=C(SC=NCC)c1ccc(CNC(=O)[C@@H]2CCCN2C)cc1C. The van der Waals surface area contributed by atoms with Crippen molar-refractivity contribution in [2.24, 2.45) is 4.99 Å². The van der Waals surface area contributed by atoms with Gasteiger partial charge in [0.15, 0.2) is 0 Å².